The van der Waals surface area contributed by atoms with Crippen molar-refractivity contribution >= 4 is 11.9 Å². The summed E-state index contributed by atoms with van der Waals surface area (Å²) < 4.78 is 16.4. The van der Waals surface area contributed by atoms with E-state index in [0.29, 0.717) is 31.1 Å². The summed E-state index contributed by atoms with van der Waals surface area (Å²) in [7, 11) is 0. The van der Waals surface area contributed by atoms with Gasteiger partial charge in [0.1, 0.15) is 13.2 Å². The number of pyridine rings is 1. The summed E-state index contributed by atoms with van der Waals surface area (Å²) in [5.41, 5.74) is 2.15. The summed E-state index contributed by atoms with van der Waals surface area (Å²) in [5.74, 6) is 0.689. The minimum atomic E-state index is -0.545. The molecule has 2 aromatic rings. The topological polar surface area (TPSA) is 78.0 Å². The largest absolute Gasteiger partial charge is 0.486 e. The minimum absolute atomic E-state index is 0.0527. The number of nitrogens with zero attached hydrogens (tertiary/aromatic N) is 2. The number of aryl methyl sites for hydroxylation is 1. The van der Waals surface area contributed by atoms with Crippen LogP contribution < -0.4 is 9.47 Å². The molecule has 0 saturated carbocycles. The van der Waals surface area contributed by atoms with Crippen molar-refractivity contribution < 1.29 is 23.8 Å². The number of carbonyl (C=O) groups excluding carboxylic acids is 2. The van der Waals surface area contributed by atoms with Crippen LogP contribution >= 0.6 is 0 Å². The van der Waals surface area contributed by atoms with Crippen molar-refractivity contribution in [2.45, 2.75) is 25.8 Å². The van der Waals surface area contributed by atoms with E-state index in [2.05, 4.69) is 4.98 Å². The first-order chi connectivity index (χ1) is 13.6. The number of amides is 1. The Hall–Kier alpha value is -3.09. The highest BCUT2D eigenvalue weighted by Crippen LogP contribution is 2.38. The van der Waals surface area contributed by atoms with Gasteiger partial charge in [-0.15, -0.1) is 0 Å². The number of ether oxygens (including phenoxy) is 3. The van der Waals surface area contributed by atoms with E-state index in [1.165, 1.54) is 6.20 Å². The van der Waals surface area contributed by atoms with Crippen LogP contribution in [0.1, 0.15) is 40.5 Å². The average Bonchev–Trinajstić information content (AvgIpc) is 3.22. The number of hydrogen-bond acceptors (Lipinski definition) is 6. The Kier molecular flexibility index (Phi) is 5.14. The molecule has 7 nitrogen and oxygen atoms in total. The van der Waals surface area contributed by atoms with Gasteiger partial charge in [-0.2, -0.15) is 0 Å². The fourth-order valence-corrected chi connectivity index (χ4v) is 3.56. The summed E-state index contributed by atoms with van der Waals surface area (Å²) in [4.78, 5) is 30.7. The lowest BCUT2D eigenvalue weighted by Crippen LogP contribution is -2.34. The van der Waals surface area contributed by atoms with Crippen molar-refractivity contribution in [3.8, 4) is 11.5 Å². The van der Waals surface area contributed by atoms with E-state index in [1.807, 2.05) is 25.1 Å². The molecule has 0 bridgehead atoms. The molecule has 0 spiro atoms. The monoisotopic (exact) mass is 382 g/mol. The Balaban J connectivity index is 1.41. The highest BCUT2D eigenvalue weighted by Gasteiger charge is 2.31. The number of fused-ring (bicyclic) bond motifs is 1. The van der Waals surface area contributed by atoms with Crippen LogP contribution in [0.5, 0.6) is 11.5 Å². The minimum Gasteiger partial charge on any atom is -0.486 e. The second-order valence-corrected chi connectivity index (χ2v) is 6.91. The predicted octanol–water partition coefficient (Wildman–Crippen LogP) is 2.68. The molecule has 1 aromatic heterocycles. The van der Waals surface area contributed by atoms with Gasteiger partial charge >= 0.3 is 5.97 Å². The van der Waals surface area contributed by atoms with Gasteiger partial charge in [0, 0.05) is 18.4 Å². The summed E-state index contributed by atoms with van der Waals surface area (Å²) in [6, 6.07) is 9.11. The molecule has 0 radical (unpaired) electrons. The molecule has 1 atom stereocenters. The second-order valence-electron chi connectivity index (χ2n) is 6.91. The van der Waals surface area contributed by atoms with E-state index in [1.54, 1.807) is 17.0 Å². The van der Waals surface area contributed by atoms with Gasteiger partial charge in [-0.1, -0.05) is 6.07 Å². The number of hydrogen-bond donors (Lipinski definition) is 0. The van der Waals surface area contributed by atoms with Crippen LogP contribution in [0.4, 0.5) is 0 Å². The van der Waals surface area contributed by atoms with E-state index in [0.717, 1.165) is 29.8 Å². The zero-order valence-electron chi connectivity index (χ0n) is 15.7. The molecule has 1 unspecified atom stereocenters. The zero-order valence-corrected chi connectivity index (χ0v) is 15.7. The molecule has 2 aliphatic rings. The van der Waals surface area contributed by atoms with E-state index in [-0.39, 0.29) is 18.6 Å². The normalized spacial score (nSPS) is 18.0. The summed E-state index contributed by atoms with van der Waals surface area (Å²) in [6.07, 6.45) is 3.22. The lowest BCUT2D eigenvalue weighted by atomic mass is 10.0. The molecule has 146 valence electrons. The molecule has 7 heteroatoms. The third kappa shape index (κ3) is 3.78. The number of benzene rings is 1. The quantitative estimate of drug-likeness (QED) is 0.757. The fraction of sp³-hybridized carbons (Fsp3) is 0.381. The van der Waals surface area contributed by atoms with Gasteiger partial charge < -0.3 is 19.1 Å². The molecule has 1 fully saturated rings. The number of esters is 1. The first kappa shape index (κ1) is 18.3. The molecule has 2 aliphatic heterocycles. The lowest BCUT2D eigenvalue weighted by molar-refractivity contribution is -0.135. The number of carbonyl (C=O) groups is 2. The number of likely N-dealkylation sites (tertiary alicyclic amines) is 1. The smallest absolute Gasteiger partial charge is 0.340 e. The van der Waals surface area contributed by atoms with Gasteiger partial charge in [-0.25, -0.2) is 4.79 Å². The molecule has 1 saturated heterocycles. The van der Waals surface area contributed by atoms with Gasteiger partial charge in [0.15, 0.2) is 18.1 Å². The van der Waals surface area contributed by atoms with Gasteiger partial charge in [-0.05, 0) is 49.6 Å². The molecule has 3 heterocycles. The van der Waals surface area contributed by atoms with Crippen LogP contribution in [0.3, 0.4) is 0 Å². The highest BCUT2D eigenvalue weighted by atomic mass is 16.6. The zero-order chi connectivity index (χ0) is 19.5. The van der Waals surface area contributed by atoms with E-state index in [4.69, 9.17) is 14.2 Å². The van der Waals surface area contributed by atoms with E-state index < -0.39 is 5.97 Å². The van der Waals surface area contributed by atoms with Crippen LogP contribution in [0.25, 0.3) is 0 Å². The van der Waals surface area contributed by atoms with Crippen molar-refractivity contribution in [1.29, 1.82) is 0 Å². The third-order valence-corrected chi connectivity index (χ3v) is 5.00. The molecule has 28 heavy (non-hydrogen) atoms. The van der Waals surface area contributed by atoms with Crippen LogP contribution in [0, 0.1) is 6.92 Å². The van der Waals surface area contributed by atoms with Gasteiger partial charge in [-0.3, -0.25) is 9.78 Å². The standard InChI is InChI=1S/C21H22N2O5/c1-14-4-5-16(12-22-14)21(25)28-13-20(24)23-8-2-3-17(23)15-6-7-18-19(11-15)27-10-9-26-18/h4-7,11-12,17H,2-3,8-10,13H2,1H3. The molecule has 1 amide bonds. The fourth-order valence-electron chi connectivity index (χ4n) is 3.56. The number of aromatic nitrogens is 1. The maximum absolute atomic E-state index is 12.7. The first-order valence-electron chi connectivity index (χ1n) is 9.40. The highest BCUT2D eigenvalue weighted by molar-refractivity contribution is 5.91. The number of rotatable bonds is 4. The first-order valence-corrected chi connectivity index (χ1v) is 9.40. The Morgan fingerprint density at radius 3 is 2.79 bits per heavy atom. The van der Waals surface area contributed by atoms with Gasteiger partial charge in [0.05, 0.1) is 11.6 Å². The van der Waals surface area contributed by atoms with Gasteiger partial charge in [0.2, 0.25) is 0 Å². The third-order valence-electron chi connectivity index (χ3n) is 5.00. The van der Waals surface area contributed by atoms with Crippen molar-refractivity contribution in [1.82, 2.24) is 9.88 Å². The Morgan fingerprint density at radius 1 is 1.18 bits per heavy atom. The Labute approximate surface area is 163 Å². The lowest BCUT2D eigenvalue weighted by Gasteiger charge is -2.26. The van der Waals surface area contributed by atoms with E-state index in [9.17, 15) is 9.59 Å². The van der Waals surface area contributed by atoms with Crippen LogP contribution in [0.2, 0.25) is 0 Å². The maximum Gasteiger partial charge on any atom is 0.340 e. The summed E-state index contributed by atoms with van der Waals surface area (Å²) in [5, 5.41) is 0. The van der Waals surface area contributed by atoms with E-state index >= 15 is 0 Å². The Morgan fingerprint density at radius 2 is 2.00 bits per heavy atom. The summed E-state index contributed by atoms with van der Waals surface area (Å²) >= 11 is 0. The predicted molar refractivity (Wildman–Crippen MR) is 100 cm³/mol. The SMILES string of the molecule is Cc1ccc(C(=O)OCC(=O)N2CCCC2c2ccc3c(c2)OCCO3)cn1. The molecular formula is C21H22N2O5. The molecule has 1 aromatic carbocycles. The summed E-state index contributed by atoms with van der Waals surface area (Å²) in [6.45, 7) is 3.26. The molecule has 0 N–H and O–H groups in total. The maximum atomic E-state index is 12.7. The molecular weight excluding hydrogens is 360 g/mol. The molecule has 0 aliphatic carbocycles. The van der Waals surface area contributed by atoms with Crippen molar-refractivity contribution in [2.75, 3.05) is 26.4 Å². The van der Waals surface area contributed by atoms with Crippen molar-refractivity contribution in [2.24, 2.45) is 0 Å². The van der Waals surface area contributed by atoms with Crippen LogP contribution in [-0.4, -0.2) is 48.1 Å². The van der Waals surface area contributed by atoms with Crippen LogP contribution in [-0.2, 0) is 9.53 Å². The van der Waals surface area contributed by atoms with Gasteiger partial charge in [0.25, 0.3) is 5.91 Å². The Bertz CT molecular complexity index is 881. The molecule has 4 rings (SSSR count). The van der Waals surface area contributed by atoms with Crippen molar-refractivity contribution in [3.63, 3.8) is 0 Å². The van der Waals surface area contributed by atoms with Crippen molar-refractivity contribution in [3.05, 3.63) is 53.3 Å². The van der Waals surface area contributed by atoms with Crippen LogP contribution in [0.15, 0.2) is 36.5 Å². The second kappa shape index (κ2) is 7.88. The average molecular weight is 382 g/mol.